The Bertz CT molecular complexity index is 447. The van der Waals surface area contributed by atoms with Gasteiger partial charge in [-0.05, 0) is 18.6 Å². The van der Waals surface area contributed by atoms with Crippen molar-refractivity contribution in [3.63, 3.8) is 0 Å². The maximum absolute atomic E-state index is 11.1. The molecule has 1 atom stereocenters. The van der Waals surface area contributed by atoms with Gasteiger partial charge in [-0.15, -0.1) is 0 Å². The molecule has 5 nitrogen and oxygen atoms in total. The van der Waals surface area contributed by atoms with Crippen LogP contribution in [0.4, 0.5) is 4.79 Å². The highest BCUT2D eigenvalue weighted by Gasteiger charge is 2.25. The minimum Gasteiger partial charge on any atom is -0.508 e. The van der Waals surface area contributed by atoms with Gasteiger partial charge in [-0.3, -0.25) is 4.90 Å². The van der Waals surface area contributed by atoms with Crippen LogP contribution >= 0.6 is 11.6 Å². The van der Waals surface area contributed by atoms with Crippen LogP contribution in [-0.4, -0.2) is 42.3 Å². The number of methoxy groups -OCH3 is 1. The van der Waals surface area contributed by atoms with Crippen LogP contribution in [0.1, 0.15) is 12.0 Å². The van der Waals surface area contributed by atoms with Crippen molar-refractivity contribution >= 4 is 17.7 Å². The SMILES string of the molecule is COC(=O)NC1CCN(Cc2c(O)cccc2Cl)C1. The molecule has 1 unspecified atom stereocenters. The predicted octanol–water partition coefficient (Wildman–Crippen LogP) is 1.98. The average Bonchev–Trinajstić information content (AvgIpc) is 2.81. The number of alkyl carbamates (subject to hydrolysis) is 1. The van der Waals surface area contributed by atoms with Crippen LogP contribution in [0.3, 0.4) is 0 Å². The molecule has 104 valence electrons. The average molecular weight is 285 g/mol. The van der Waals surface area contributed by atoms with Gasteiger partial charge in [-0.1, -0.05) is 17.7 Å². The molecule has 1 aliphatic rings. The molecule has 1 aliphatic heterocycles. The lowest BCUT2D eigenvalue weighted by Crippen LogP contribution is -2.36. The van der Waals surface area contributed by atoms with Crippen molar-refractivity contribution < 1.29 is 14.6 Å². The van der Waals surface area contributed by atoms with E-state index in [2.05, 4.69) is 15.0 Å². The number of aromatic hydroxyl groups is 1. The monoisotopic (exact) mass is 284 g/mol. The van der Waals surface area contributed by atoms with E-state index in [1.165, 1.54) is 7.11 Å². The fraction of sp³-hybridized carbons (Fsp3) is 0.462. The van der Waals surface area contributed by atoms with Gasteiger partial charge in [0.1, 0.15) is 5.75 Å². The largest absolute Gasteiger partial charge is 0.508 e. The van der Waals surface area contributed by atoms with Gasteiger partial charge < -0.3 is 15.2 Å². The smallest absolute Gasteiger partial charge is 0.407 e. The molecule has 0 aromatic heterocycles. The van der Waals surface area contributed by atoms with E-state index < -0.39 is 6.09 Å². The van der Waals surface area contributed by atoms with Crippen molar-refractivity contribution in [3.05, 3.63) is 28.8 Å². The Kier molecular flexibility index (Phi) is 4.50. The number of benzene rings is 1. The van der Waals surface area contributed by atoms with E-state index >= 15 is 0 Å². The molecule has 0 aliphatic carbocycles. The van der Waals surface area contributed by atoms with E-state index in [4.69, 9.17) is 11.6 Å². The highest BCUT2D eigenvalue weighted by atomic mass is 35.5. The van der Waals surface area contributed by atoms with Crippen LogP contribution in [0.25, 0.3) is 0 Å². The Morgan fingerprint density at radius 1 is 1.63 bits per heavy atom. The molecular weight excluding hydrogens is 268 g/mol. The maximum Gasteiger partial charge on any atom is 0.407 e. The zero-order valence-electron chi connectivity index (χ0n) is 10.7. The van der Waals surface area contributed by atoms with Gasteiger partial charge in [0.25, 0.3) is 0 Å². The van der Waals surface area contributed by atoms with E-state index in [9.17, 15) is 9.90 Å². The minimum absolute atomic E-state index is 0.0806. The highest BCUT2D eigenvalue weighted by molar-refractivity contribution is 6.31. The van der Waals surface area contributed by atoms with Crippen molar-refractivity contribution in [2.24, 2.45) is 0 Å². The van der Waals surface area contributed by atoms with Gasteiger partial charge in [0.2, 0.25) is 0 Å². The molecule has 1 heterocycles. The molecule has 0 spiro atoms. The van der Waals surface area contributed by atoms with Gasteiger partial charge >= 0.3 is 6.09 Å². The van der Waals surface area contributed by atoms with E-state index in [-0.39, 0.29) is 11.8 Å². The summed E-state index contributed by atoms with van der Waals surface area (Å²) in [5.41, 5.74) is 0.725. The quantitative estimate of drug-likeness (QED) is 0.891. The molecule has 1 amide bonds. The highest BCUT2D eigenvalue weighted by Crippen LogP contribution is 2.27. The second kappa shape index (κ2) is 6.12. The normalized spacial score (nSPS) is 19.4. The van der Waals surface area contributed by atoms with Crippen molar-refractivity contribution in [2.45, 2.75) is 19.0 Å². The number of likely N-dealkylation sites (tertiary alicyclic amines) is 1. The molecule has 0 saturated carbocycles. The first-order valence-corrected chi connectivity index (χ1v) is 6.51. The number of halogens is 1. The van der Waals surface area contributed by atoms with Crippen LogP contribution < -0.4 is 5.32 Å². The van der Waals surface area contributed by atoms with Crippen LogP contribution in [0, 0.1) is 0 Å². The number of carbonyl (C=O) groups excluding carboxylic acids is 1. The van der Waals surface area contributed by atoms with Gasteiger partial charge in [0.15, 0.2) is 0 Å². The summed E-state index contributed by atoms with van der Waals surface area (Å²) in [4.78, 5) is 13.3. The summed E-state index contributed by atoms with van der Waals surface area (Å²) in [7, 11) is 1.35. The maximum atomic E-state index is 11.1. The van der Waals surface area contributed by atoms with E-state index in [1.54, 1.807) is 18.2 Å². The lowest BCUT2D eigenvalue weighted by molar-refractivity contribution is 0.166. The number of nitrogens with one attached hydrogen (secondary N) is 1. The van der Waals surface area contributed by atoms with Gasteiger partial charge in [-0.25, -0.2) is 4.79 Å². The van der Waals surface area contributed by atoms with E-state index in [0.717, 1.165) is 25.1 Å². The summed E-state index contributed by atoms with van der Waals surface area (Å²) in [6.45, 7) is 2.14. The molecule has 0 radical (unpaired) electrons. The Balaban J connectivity index is 1.93. The number of amides is 1. The van der Waals surface area contributed by atoms with Gasteiger partial charge in [-0.2, -0.15) is 0 Å². The molecule has 19 heavy (non-hydrogen) atoms. The van der Waals surface area contributed by atoms with Crippen molar-refractivity contribution in [2.75, 3.05) is 20.2 Å². The molecule has 0 bridgehead atoms. The molecule has 1 saturated heterocycles. The van der Waals surface area contributed by atoms with Crippen molar-refractivity contribution in [1.82, 2.24) is 10.2 Å². The first-order chi connectivity index (χ1) is 9.10. The molecule has 2 rings (SSSR count). The van der Waals surface area contributed by atoms with Gasteiger partial charge in [0, 0.05) is 36.3 Å². The molecule has 1 fully saturated rings. The summed E-state index contributed by atoms with van der Waals surface area (Å²) in [5.74, 6) is 0.205. The van der Waals surface area contributed by atoms with Gasteiger partial charge in [0.05, 0.1) is 7.11 Å². The lowest BCUT2D eigenvalue weighted by Gasteiger charge is -2.18. The fourth-order valence-corrected chi connectivity index (χ4v) is 2.48. The second-order valence-corrected chi connectivity index (χ2v) is 5.00. The number of phenolic OH excluding ortho intramolecular Hbond substituents is 1. The van der Waals surface area contributed by atoms with Crippen molar-refractivity contribution in [1.29, 1.82) is 0 Å². The number of carbonyl (C=O) groups is 1. The van der Waals surface area contributed by atoms with Crippen LogP contribution in [0.15, 0.2) is 18.2 Å². The topological polar surface area (TPSA) is 61.8 Å². The van der Waals surface area contributed by atoms with Crippen LogP contribution in [0.2, 0.25) is 5.02 Å². The summed E-state index contributed by atoms with van der Waals surface area (Å²) in [5, 5.41) is 13.1. The third-order valence-corrected chi connectivity index (χ3v) is 3.61. The first-order valence-electron chi connectivity index (χ1n) is 6.13. The first kappa shape index (κ1) is 14.0. The molecule has 1 aromatic carbocycles. The molecular formula is C13H17ClN2O3. The number of ether oxygens (including phenoxy) is 1. The second-order valence-electron chi connectivity index (χ2n) is 4.59. The molecule has 6 heteroatoms. The Labute approximate surface area is 117 Å². The standard InChI is InChI=1S/C13H17ClN2O3/c1-19-13(18)15-9-5-6-16(7-9)8-10-11(14)3-2-4-12(10)17/h2-4,9,17H,5-8H2,1H3,(H,15,18). The molecule has 2 N–H and O–H groups in total. The zero-order chi connectivity index (χ0) is 13.8. The number of hydrogen-bond acceptors (Lipinski definition) is 4. The summed E-state index contributed by atoms with van der Waals surface area (Å²) in [6, 6.07) is 5.18. The Hall–Kier alpha value is -1.46. The number of phenols is 1. The van der Waals surface area contributed by atoms with E-state index in [1.807, 2.05) is 0 Å². The summed E-state index contributed by atoms with van der Waals surface area (Å²) >= 11 is 6.07. The number of nitrogens with zero attached hydrogens (tertiary/aromatic N) is 1. The molecule has 1 aromatic rings. The van der Waals surface area contributed by atoms with E-state index in [0.29, 0.717) is 11.6 Å². The van der Waals surface area contributed by atoms with Crippen LogP contribution in [-0.2, 0) is 11.3 Å². The third kappa shape index (κ3) is 3.52. The number of rotatable bonds is 3. The number of hydrogen-bond donors (Lipinski definition) is 2. The Morgan fingerprint density at radius 2 is 2.42 bits per heavy atom. The summed E-state index contributed by atoms with van der Waals surface area (Å²) in [6.07, 6.45) is 0.452. The van der Waals surface area contributed by atoms with Crippen molar-refractivity contribution in [3.8, 4) is 5.75 Å². The Morgan fingerprint density at radius 3 is 3.11 bits per heavy atom. The zero-order valence-corrected chi connectivity index (χ0v) is 11.5. The van der Waals surface area contributed by atoms with Crippen LogP contribution in [0.5, 0.6) is 5.75 Å². The third-order valence-electron chi connectivity index (χ3n) is 3.26. The minimum atomic E-state index is -0.410. The predicted molar refractivity (Wildman–Crippen MR) is 72.3 cm³/mol. The summed E-state index contributed by atoms with van der Waals surface area (Å²) < 4.78 is 4.57. The fourth-order valence-electron chi connectivity index (χ4n) is 2.25. The lowest BCUT2D eigenvalue weighted by atomic mass is 10.2.